The number of amides is 1. The van der Waals surface area contributed by atoms with E-state index in [0.29, 0.717) is 12.1 Å². The summed E-state index contributed by atoms with van der Waals surface area (Å²) in [5.41, 5.74) is 5.37. The first kappa shape index (κ1) is 20.0. The van der Waals surface area contributed by atoms with E-state index in [1.165, 1.54) is 6.07 Å². The molecule has 0 unspecified atom stereocenters. The number of fused-ring (bicyclic) bond motifs is 1. The van der Waals surface area contributed by atoms with Crippen LogP contribution in [0.5, 0.6) is 0 Å². The molecular weight excluding hydrogens is 387 g/mol. The SMILES string of the molecule is N[C@H]1CC[C@@H](N2CC(NC(=O)CNc3noc4ccc(C(F)(F)F)cc34)C2)CC1. The fourth-order valence-corrected chi connectivity index (χ4v) is 4.05. The number of carbonyl (C=O) groups is 1. The predicted molar refractivity (Wildman–Crippen MR) is 101 cm³/mol. The zero-order chi connectivity index (χ0) is 20.6. The van der Waals surface area contributed by atoms with Crippen LogP contribution in [0.25, 0.3) is 11.0 Å². The molecule has 0 radical (unpaired) electrons. The summed E-state index contributed by atoms with van der Waals surface area (Å²) in [4.78, 5) is 14.6. The van der Waals surface area contributed by atoms with Crippen LogP contribution in [-0.4, -0.2) is 53.7 Å². The van der Waals surface area contributed by atoms with Gasteiger partial charge in [0.1, 0.15) is 0 Å². The molecular formula is C19H24F3N5O2. The second kappa shape index (κ2) is 7.83. The largest absolute Gasteiger partial charge is 0.416 e. The third-order valence-corrected chi connectivity index (χ3v) is 5.75. The van der Waals surface area contributed by atoms with Crippen LogP contribution in [0.1, 0.15) is 31.2 Å². The Morgan fingerprint density at radius 3 is 2.66 bits per heavy atom. The van der Waals surface area contributed by atoms with Gasteiger partial charge in [-0.3, -0.25) is 9.69 Å². The highest BCUT2D eigenvalue weighted by atomic mass is 19.4. The highest BCUT2D eigenvalue weighted by molar-refractivity contribution is 5.90. The number of hydrogen-bond donors (Lipinski definition) is 3. The van der Waals surface area contributed by atoms with Gasteiger partial charge in [0.25, 0.3) is 0 Å². The average molecular weight is 411 g/mol. The summed E-state index contributed by atoms with van der Waals surface area (Å²) in [6.45, 7) is 1.54. The standard InChI is InChI=1S/C19H24F3N5O2/c20-19(21,22)11-1-6-16-15(7-11)18(26-29-16)24-8-17(28)25-13-9-27(10-13)14-4-2-12(23)3-5-14/h1,6-7,12-14H,2-5,8-10,23H2,(H,24,26)(H,25,28)/t12-,14+. The molecule has 0 bridgehead atoms. The van der Waals surface area contributed by atoms with Crippen LogP contribution in [-0.2, 0) is 11.0 Å². The quantitative estimate of drug-likeness (QED) is 0.699. The maximum Gasteiger partial charge on any atom is 0.416 e. The molecule has 2 fully saturated rings. The topological polar surface area (TPSA) is 96.4 Å². The highest BCUT2D eigenvalue weighted by Gasteiger charge is 2.35. The van der Waals surface area contributed by atoms with Gasteiger partial charge < -0.3 is 20.9 Å². The Kier molecular flexibility index (Phi) is 5.39. The van der Waals surface area contributed by atoms with Crippen molar-refractivity contribution < 1.29 is 22.5 Å². The number of nitrogens with two attached hydrogens (primary N) is 1. The summed E-state index contributed by atoms with van der Waals surface area (Å²) >= 11 is 0. The van der Waals surface area contributed by atoms with E-state index in [9.17, 15) is 18.0 Å². The van der Waals surface area contributed by atoms with E-state index in [4.69, 9.17) is 10.3 Å². The monoisotopic (exact) mass is 411 g/mol. The Labute approximate surface area is 165 Å². The first-order valence-electron chi connectivity index (χ1n) is 9.79. The third kappa shape index (κ3) is 4.48. The van der Waals surface area contributed by atoms with Gasteiger partial charge in [0.2, 0.25) is 5.91 Å². The molecule has 0 spiro atoms. The Morgan fingerprint density at radius 1 is 1.24 bits per heavy atom. The molecule has 4 rings (SSSR count). The van der Waals surface area contributed by atoms with E-state index >= 15 is 0 Å². The van der Waals surface area contributed by atoms with Crippen molar-refractivity contribution >= 4 is 22.7 Å². The van der Waals surface area contributed by atoms with Gasteiger partial charge in [0.15, 0.2) is 11.4 Å². The molecule has 1 aromatic carbocycles. The van der Waals surface area contributed by atoms with Crippen LogP contribution in [0, 0.1) is 0 Å². The number of likely N-dealkylation sites (tertiary alicyclic amines) is 1. The zero-order valence-corrected chi connectivity index (χ0v) is 15.8. The minimum Gasteiger partial charge on any atom is -0.358 e. The van der Waals surface area contributed by atoms with E-state index in [-0.39, 0.29) is 35.3 Å². The van der Waals surface area contributed by atoms with Crippen molar-refractivity contribution in [2.75, 3.05) is 25.0 Å². The molecule has 2 aliphatic rings. The van der Waals surface area contributed by atoms with Crippen molar-refractivity contribution in [2.45, 2.75) is 50.0 Å². The minimum atomic E-state index is -4.46. The third-order valence-electron chi connectivity index (χ3n) is 5.75. The Bertz CT molecular complexity index is 870. The van der Waals surface area contributed by atoms with Gasteiger partial charge in [-0.25, -0.2) is 0 Å². The number of halogens is 3. The van der Waals surface area contributed by atoms with Gasteiger partial charge in [0.05, 0.1) is 23.5 Å². The zero-order valence-electron chi connectivity index (χ0n) is 15.8. The second-order valence-electron chi connectivity index (χ2n) is 7.88. The van der Waals surface area contributed by atoms with Crippen LogP contribution in [0.15, 0.2) is 22.7 Å². The summed E-state index contributed by atoms with van der Waals surface area (Å²) < 4.78 is 43.7. The molecule has 1 aromatic heterocycles. The number of aromatic nitrogens is 1. The van der Waals surface area contributed by atoms with Crippen LogP contribution >= 0.6 is 0 Å². The van der Waals surface area contributed by atoms with Gasteiger partial charge in [-0.15, -0.1) is 0 Å². The number of rotatable bonds is 5. The smallest absolute Gasteiger partial charge is 0.358 e. The molecule has 7 nitrogen and oxygen atoms in total. The summed E-state index contributed by atoms with van der Waals surface area (Å²) in [6.07, 6.45) is -0.168. The van der Waals surface area contributed by atoms with Gasteiger partial charge in [-0.2, -0.15) is 13.2 Å². The van der Waals surface area contributed by atoms with E-state index in [0.717, 1.165) is 50.9 Å². The van der Waals surface area contributed by atoms with Crippen molar-refractivity contribution in [1.29, 1.82) is 0 Å². The maximum absolute atomic E-state index is 12.9. The lowest BCUT2D eigenvalue weighted by atomic mass is 9.88. The number of nitrogens with one attached hydrogen (secondary N) is 2. The summed E-state index contributed by atoms with van der Waals surface area (Å²) in [5, 5.41) is 9.63. The maximum atomic E-state index is 12.9. The van der Waals surface area contributed by atoms with Crippen molar-refractivity contribution in [3.63, 3.8) is 0 Å². The molecule has 2 heterocycles. The molecule has 158 valence electrons. The normalized spacial score (nSPS) is 23.7. The van der Waals surface area contributed by atoms with Crippen LogP contribution in [0.3, 0.4) is 0 Å². The Morgan fingerprint density at radius 2 is 1.97 bits per heavy atom. The number of alkyl halides is 3. The summed E-state index contributed by atoms with van der Waals surface area (Å²) in [5.74, 6) is -0.113. The molecule has 1 aliphatic heterocycles. The lowest BCUT2D eigenvalue weighted by Gasteiger charge is -2.46. The van der Waals surface area contributed by atoms with Crippen molar-refractivity contribution in [3.8, 4) is 0 Å². The van der Waals surface area contributed by atoms with Gasteiger partial charge in [0, 0.05) is 25.2 Å². The van der Waals surface area contributed by atoms with Crippen LogP contribution < -0.4 is 16.4 Å². The highest BCUT2D eigenvalue weighted by Crippen LogP contribution is 2.33. The van der Waals surface area contributed by atoms with Gasteiger partial charge >= 0.3 is 6.18 Å². The number of anilines is 1. The van der Waals surface area contributed by atoms with Gasteiger partial charge in [-0.1, -0.05) is 5.16 Å². The molecule has 4 N–H and O–H groups in total. The van der Waals surface area contributed by atoms with E-state index in [1.54, 1.807) is 0 Å². The van der Waals surface area contributed by atoms with Crippen molar-refractivity contribution in [1.82, 2.24) is 15.4 Å². The van der Waals surface area contributed by atoms with Crippen molar-refractivity contribution in [2.24, 2.45) is 5.73 Å². The number of nitrogens with zero attached hydrogens (tertiary/aromatic N) is 2. The fourth-order valence-electron chi connectivity index (χ4n) is 4.05. The summed E-state index contributed by atoms with van der Waals surface area (Å²) in [7, 11) is 0. The van der Waals surface area contributed by atoms with Crippen molar-refractivity contribution in [3.05, 3.63) is 23.8 Å². The average Bonchev–Trinajstić information content (AvgIpc) is 3.05. The predicted octanol–water partition coefficient (Wildman–Crippen LogP) is 2.33. The van der Waals surface area contributed by atoms with Gasteiger partial charge in [-0.05, 0) is 43.9 Å². The first-order chi connectivity index (χ1) is 13.8. The molecule has 0 atom stereocenters. The molecule has 29 heavy (non-hydrogen) atoms. The molecule has 1 saturated heterocycles. The number of benzene rings is 1. The van der Waals surface area contributed by atoms with E-state index in [1.807, 2.05) is 0 Å². The molecule has 1 saturated carbocycles. The molecule has 1 aliphatic carbocycles. The van der Waals surface area contributed by atoms with E-state index < -0.39 is 11.7 Å². The second-order valence-corrected chi connectivity index (χ2v) is 7.88. The summed E-state index contributed by atoms with van der Waals surface area (Å²) in [6, 6.07) is 4.07. The number of carbonyl (C=O) groups excluding carboxylic acids is 1. The van der Waals surface area contributed by atoms with Crippen LogP contribution in [0.2, 0.25) is 0 Å². The number of hydrogen-bond acceptors (Lipinski definition) is 6. The Hall–Kier alpha value is -2.33. The Balaban J connectivity index is 1.26. The fraction of sp³-hybridized carbons (Fsp3) is 0.579. The lowest BCUT2D eigenvalue weighted by Crippen LogP contribution is -2.63. The molecule has 2 aromatic rings. The van der Waals surface area contributed by atoms with E-state index in [2.05, 4.69) is 20.7 Å². The molecule has 10 heteroatoms. The first-order valence-corrected chi connectivity index (χ1v) is 9.79. The molecule has 1 amide bonds. The van der Waals surface area contributed by atoms with Crippen LogP contribution in [0.4, 0.5) is 19.0 Å². The lowest BCUT2D eigenvalue weighted by molar-refractivity contribution is -0.137. The minimum absolute atomic E-state index is 0.0887.